The molecule has 102 valence electrons. The molecule has 6 atom stereocenters. The van der Waals surface area contributed by atoms with Crippen LogP contribution in [-0.2, 0) is 19.1 Å². The van der Waals surface area contributed by atoms with E-state index in [-0.39, 0.29) is 54.4 Å². The summed E-state index contributed by atoms with van der Waals surface area (Å²) in [5, 5.41) is 9.56. The van der Waals surface area contributed by atoms with E-state index in [1.165, 1.54) is 6.92 Å². The van der Waals surface area contributed by atoms with Crippen molar-refractivity contribution < 1.29 is 24.2 Å². The average Bonchev–Trinajstić information content (AvgIpc) is 2.55. The maximum Gasteiger partial charge on any atom is 0.309 e. The van der Waals surface area contributed by atoms with E-state index in [0.29, 0.717) is 6.42 Å². The third-order valence-electron chi connectivity index (χ3n) is 4.38. The van der Waals surface area contributed by atoms with Crippen LogP contribution >= 0.6 is 0 Å². The van der Waals surface area contributed by atoms with Gasteiger partial charge in [-0.1, -0.05) is 6.92 Å². The molecule has 1 heterocycles. The molecule has 1 saturated heterocycles. The number of hydrogen-bond donors (Lipinski definition) is 1. The number of aliphatic hydroxyl groups excluding tert-OH is 1. The molecule has 1 aliphatic heterocycles. The lowest BCUT2D eigenvalue weighted by Gasteiger charge is -2.41. The molecule has 0 radical (unpaired) electrons. The number of aliphatic hydroxyl groups is 1. The average molecular weight is 256 g/mol. The van der Waals surface area contributed by atoms with Crippen molar-refractivity contribution in [2.24, 2.45) is 23.7 Å². The topological polar surface area (TPSA) is 72.8 Å². The molecule has 5 heteroatoms. The van der Waals surface area contributed by atoms with Crippen LogP contribution in [0.4, 0.5) is 0 Å². The summed E-state index contributed by atoms with van der Waals surface area (Å²) in [4.78, 5) is 22.9. The first-order chi connectivity index (χ1) is 8.45. The first kappa shape index (κ1) is 13.3. The Kier molecular flexibility index (Phi) is 3.61. The van der Waals surface area contributed by atoms with Crippen LogP contribution in [-0.4, -0.2) is 35.9 Å². The van der Waals surface area contributed by atoms with Crippen LogP contribution in [0.3, 0.4) is 0 Å². The Bertz CT molecular complexity index is 353. The molecule has 1 N–H and O–H groups in total. The number of hydrogen-bond acceptors (Lipinski definition) is 5. The Morgan fingerprint density at radius 3 is 2.72 bits per heavy atom. The summed E-state index contributed by atoms with van der Waals surface area (Å²) in [6, 6.07) is 0. The molecule has 0 aromatic rings. The molecule has 18 heavy (non-hydrogen) atoms. The van der Waals surface area contributed by atoms with Crippen molar-refractivity contribution in [1.82, 2.24) is 0 Å². The Labute approximate surface area is 106 Å². The summed E-state index contributed by atoms with van der Waals surface area (Å²) in [6.45, 7) is 5.17. The van der Waals surface area contributed by atoms with Crippen molar-refractivity contribution >= 4 is 11.9 Å². The van der Waals surface area contributed by atoms with Crippen molar-refractivity contribution in [2.75, 3.05) is 6.61 Å². The highest BCUT2D eigenvalue weighted by Gasteiger charge is 2.53. The van der Waals surface area contributed by atoms with Gasteiger partial charge in [0.15, 0.2) is 0 Å². The standard InChI is InChI=1S/C13H20O5/c1-6-10(5-14)12-7(2)17-13(16)9(12)4-11(6)18-8(3)15/h6-7,9-12,14H,4-5H2,1-3H3/t6-,7+,9+,10-,11?,12+/m0/s1. The molecule has 0 aromatic carbocycles. The lowest BCUT2D eigenvalue weighted by Crippen LogP contribution is -2.46. The van der Waals surface area contributed by atoms with E-state index in [9.17, 15) is 14.7 Å². The van der Waals surface area contributed by atoms with Crippen molar-refractivity contribution in [3.63, 3.8) is 0 Å². The largest absolute Gasteiger partial charge is 0.462 e. The van der Waals surface area contributed by atoms with Crippen molar-refractivity contribution in [3.05, 3.63) is 0 Å². The van der Waals surface area contributed by atoms with E-state index >= 15 is 0 Å². The second-order valence-electron chi connectivity index (χ2n) is 5.41. The van der Waals surface area contributed by atoms with Gasteiger partial charge >= 0.3 is 11.9 Å². The fourth-order valence-electron chi connectivity index (χ4n) is 3.48. The highest BCUT2D eigenvalue weighted by molar-refractivity contribution is 5.75. The van der Waals surface area contributed by atoms with Crippen LogP contribution in [0, 0.1) is 23.7 Å². The quantitative estimate of drug-likeness (QED) is 0.738. The lowest BCUT2D eigenvalue weighted by atomic mass is 9.65. The zero-order valence-corrected chi connectivity index (χ0v) is 11.0. The van der Waals surface area contributed by atoms with E-state index in [1.54, 1.807) is 0 Å². The van der Waals surface area contributed by atoms with E-state index in [1.807, 2.05) is 13.8 Å². The molecule has 5 nitrogen and oxygen atoms in total. The predicted octanol–water partition coefficient (Wildman–Crippen LogP) is 0.744. The molecule has 2 rings (SSSR count). The third-order valence-corrected chi connectivity index (χ3v) is 4.38. The minimum absolute atomic E-state index is 0.0128. The van der Waals surface area contributed by atoms with Crippen LogP contribution in [0.15, 0.2) is 0 Å². The summed E-state index contributed by atoms with van der Waals surface area (Å²) >= 11 is 0. The molecular formula is C13H20O5. The van der Waals surface area contributed by atoms with Gasteiger partial charge in [0.05, 0.1) is 5.92 Å². The van der Waals surface area contributed by atoms with Crippen molar-refractivity contribution in [3.8, 4) is 0 Å². The monoisotopic (exact) mass is 256 g/mol. The maximum atomic E-state index is 11.8. The van der Waals surface area contributed by atoms with Gasteiger partial charge in [-0.15, -0.1) is 0 Å². The zero-order chi connectivity index (χ0) is 13.4. The van der Waals surface area contributed by atoms with Crippen LogP contribution in [0.25, 0.3) is 0 Å². The van der Waals surface area contributed by atoms with Crippen molar-refractivity contribution in [2.45, 2.75) is 39.4 Å². The molecule has 2 aliphatic rings. The molecule has 1 unspecified atom stereocenters. The summed E-state index contributed by atoms with van der Waals surface area (Å²) in [5.41, 5.74) is 0. The number of esters is 2. The first-order valence-corrected chi connectivity index (χ1v) is 6.44. The number of carbonyl (C=O) groups is 2. The van der Waals surface area contributed by atoms with E-state index in [2.05, 4.69) is 0 Å². The lowest BCUT2D eigenvalue weighted by molar-refractivity contribution is -0.158. The van der Waals surface area contributed by atoms with Gasteiger partial charge in [0.25, 0.3) is 0 Å². The predicted molar refractivity (Wildman–Crippen MR) is 62.4 cm³/mol. The SMILES string of the molecule is CC(=O)OC1C[C@H]2C(=O)O[C@H](C)[C@H]2[C@@H](CO)[C@@H]1C. The van der Waals surface area contributed by atoms with Gasteiger partial charge in [0.1, 0.15) is 12.2 Å². The summed E-state index contributed by atoms with van der Waals surface area (Å²) in [5.74, 6) is -0.815. The van der Waals surface area contributed by atoms with Gasteiger partial charge in [-0.25, -0.2) is 0 Å². The molecule has 1 saturated carbocycles. The third kappa shape index (κ3) is 2.11. The Balaban J connectivity index is 2.22. The van der Waals surface area contributed by atoms with Gasteiger partial charge < -0.3 is 14.6 Å². The fourth-order valence-corrected chi connectivity index (χ4v) is 3.48. The van der Waals surface area contributed by atoms with Crippen LogP contribution in [0.2, 0.25) is 0 Å². The second kappa shape index (κ2) is 4.88. The molecule has 0 bridgehead atoms. The highest BCUT2D eigenvalue weighted by atomic mass is 16.6. The Morgan fingerprint density at radius 2 is 2.17 bits per heavy atom. The smallest absolute Gasteiger partial charge is 0.309 e. The Morgan fingerprint density at radius 1 is 1.50 bits per heavy atom. The fraction of sp³-hybridized carbons (Fsp3) is 0.846. The minimum Gasteiger partial charge on any atom is -0.462 e. The highest BCUT2D eigenvalue weighted by Crippen LogP contribution is 2.46. The minimum atomic E-state index is -0.346. The van der Waals surface area contributed by atoms with Crippen LogP contribution in [0.5, 0.6) is 0 Å². The van der Waals surface area contributed by atoms with Crippen molar-refractivity contribution in [1.29, 1.82) is 0 Å². The number of fused-ring (bicyclic) bond motifs is 1. The molecule has 1 aliphatic carbocycles. The normalized spacial score (nSPS) is 43.2. The molecule has 2 fully saturated rings. The van der Waals surface area contributed by atoms with Gasteiger partial charge in [-0.2, -0.15) is 0 Å². The number of rotatable bonds is 2. The Hall–Kier alpha value is -1.10. The summed E-state index contributed by atoms with van der Waals surface area (Å²) < 4.78 is 10.5. The van der Waals surface area contributed by atoms with E-state index in [4.69, 9.17) is 9.47 Å². The second-order valence-corrected chi connectivity index (χ2v) is 5.41. The molecule has 0 aromatic heterocycles. The summed E-state index contributed by atoms with van der Waals surface area (Å²) in [7, 11) is 0. The van der Waals surface area contributed by atoms with Gasteiger partial charge in [0.2, 0.25) is 0 Å². The molecule has 0 amide bonds. The number of cyclic esters (lactones) is 1. The molecular weight excluding hydrogens is 236 g/mol. The first-order valence-electron chi connectivity index (χ1n) is 6.44. The maximum absolute atomic E-state index is 11.8. The van der Waals surface area contributed by atoms with E-state index in [0.717, 1.165) is 0 Å². The summed E-state index contributed by atoms with van der Waals surface area (Å²) in [6.07, 6.45) is 0.0320. The van der Waals surface area contributed by atoms with E-state index < -0.39 is 0 Å². The van der Waals surface area contributed by atoms with Gasteiger partial charge in [-0.3, -0.25) is 9.59 Å². The van der Waals surface area contributed by atoms with Gasteiger partial charge in [-0.05, 0) is 25.2 Å². The number of carbonyl (C=O) groups excluding carboxylic acids is 2. The van der Waals surface area contributed by atoms with Crippen LogP contribution < -0.4 is 0 Å². The van der Waals surface area contributed by atoms with Crippen LogP contribution in [0.1, 0.15) is 27.2 Å². The number of ether oxygens (including phenoxy) is 2. The zero-order valence-electron chi connectivity index (χ0n) is 11.0. The van der Waals surface area contributed by atoms with Gasteiger partial charge in [0, 0.05) is 19.4 Å². The molecule has 0 spiro atoms.